The SMILES string of the molecule is Cc1cccnc1-c1noc([C@@H](N)[C@@H](C)O)n1. The maximum Gasteiger partial charge on any atom is 0.246 e. The lowest BCUT2D eigenvalue weighted by molar-refractivity contribution is 0.146. The van der Waals surface area contributed by atoms with E-state index in [1.54, 1.807) is 13.1 Å². The third-order valence-electron chi connectivity index (χ3n) is 2.47. The van der Waals surface area contributed by atoms with Gasteiger partial charge in [-0.15, -0.1) is 0 Å². The number of hydrogen-bond donors (Lipinski definition) is 2. The van der Waals surface area contributed by atoms with Crippen molar-refractivity contribution in [3.63, 3.8) is 0 Å². The van der Waals surface area contributed by atoms with Crippen molar-refractivity contribution in [2.24, 2.45) is 5.73 Å². The topological polar surface area (TPSA) is 98.1 Å². The molecule has 90 valence electrons. The Balaban J connectivity index is 2.34. The first kappa shape index (κ1) is 11.7. The summed E-state index contributed by atoms with van der Waals surface area (Å²) in [5.41, 5.74) is 7.30. The van der Waals surface area contributed by atoms with Crippen LogP contribution >= 0.6 is 0 Å². The van der Waals surface area contributed by atoms with Crippen molar-refractivity contribution in [1.29, 1.82) is 0 Å². The molecule has 0 saturated carbocycles. The molecule has 6 nitrogen and oxygen atoms in total. The van der Waals surface area contributed by atoms with Crippen molar-refractivity contribution < 1.29 is 9.63 Å². The van der Waals surface area contributed by atoms with Gasteiger partial charge in [0.05, 0.1) is 6.10 Å². The highest BCUT2D eigenvalue weighted by Gasteiger charge is 2.20. The molecule has 0 amide bonds. The normalized spacial score (nSPS) is 14.6. The summed E-state index contributed by atoms with van der Waals surface area (Å²) in [6, 6.07) is 3.06. The van der Waals surface area contributed by atoms with Gasteiger partial charge >= 0.3 is 0 Å². The van der Waals surface area contributed by atoms with Crippen molar-refractivity contribution in [2.45, 2.75) is 26.0 Å². The predicted molar refractivity (Wildman–Crippen MR) is 60.9 cm³/mol. The zero-order chi connectivity index (χ0) is 12.4. The van der Waals surface area contributed by atoms with Crippen LogP contribution in [0.25, 0.3) is 11.5 Å². The highest BCUT2D eigenvalue weighted by atomic mass is 16.5. The zero-order valence-corrected chi connectivity index (χ0v) is 9.66. The summed E-state index contributed by atoms with van der Waals surface area (Å²) in [6.07, 6.45) is 0.917. The van der Waals surface area contributed by atoms with Crippen LogP contribution in [-0.2, 0) is 0 Å². The van der Waals surface area contributed by atoms with Crippen LogP contribution in [0, 0.1) is 6.92 Å². The molecule has 0 aromatic carbocycles. The van der Waals surface area contributed by atoms with E-state index < -0.39 is 12.1 Å². The Morgan fingerprint density at radius 2 is 2.24 bits per heavy atom. The zero-order valence-electron chi connectivity index (χ0n) is 9.66. The number of hydrogen-bond acceptors (Lipinski definition) is 6. The lowest BCUT2D eigenvalue weighted by atomic mass is 10.2. The highest BCUT2D eigenvalue weighted by molar-refractivity contribution is 5.53. The third kappa shape index (κ3) is 2.32. The number of aryl methyl sites for hydroxylation is 1. The fourth-order valence-electron chi connectivity index (χ4n) is 1.39. The van der Waals surface area contributed by atoms with Gasteiger partial charge in [0.2, 0.25) is 11.7 Å². The molecule has 6 heteroatoms. The van der Waals surface area contributed by atoms with E-state index in [0.717, 1.165) is 5.56 Å². The van der Waals surface area contributed by atoms with Crippen LogP contribution in [0.4, 0.5) is 0 Å². The van der Waals surface area contributed by atoms with E-state index in [2.05, 4.69) is 15.1 Å². The van der Waals surface area contributed by atoms with E-state index in [1.807, 2.05) is 19.1 Å². The molecule has 0 saturated heterocycles. The maximum atomic E-state index is 9.34. The molecule has 0 fully saturated rings. The Morgan fingerprint density at radius 1 is 1.47 bits per heavy atom. The molecule has 2 aromatic heterocycles. The molecule has 0 unspecified atom stereocenters. The van der Waals surface area contributed by atoms with E-state index in [4.69, 9.17) is 10.3 Å². The molecule has 17 heavy (non-hydrogen) atoms. The van der Waals surface area contributed by atoms with Gasteiger partial charge in [0.1, 0.15) is 11.7 Å². The smallest absolute Gasteiger partial charge is 0.246 e. The molecular formula is C11H14N4O2. The summed E-state index contributed by atoms with van der Waals surface area (Å²) in [5, 5.41) is 13.2. The number of aliphatic hydroxyl groups excluding tert-OH is 1. The van der Waals surface area contributed by atoms with Gasteiger partial charge in [-0.2, -0.15) is 4.98 Å². The number of nitrogens with two attached hydrogens (primary N) is 1. The lowest BCUT2D eigenvalue weighted by Crippen LogP contribution is -2.23. The molecule has 3 N–H and O–H groups in total. The van der Waals surface area contributed by atoms with Gasteiger partial charge in [0.25, 0.3) is 0 Å². The van der Waals surface area contributed by atoms with Gasteiger partial charge in [-0.25, -0.2) is 0 Å². The van der Waals surface area contributed by atoms with E-state index in [1.165, 1.54) is 0 Å². The van der Waals surface area contributed by atoms with Crippen LogP contribution in [0.2, 0.25) is 0 Å². The fourth-order valence-corrected chi connectivity index (χ4v) is 1.39. The molecule has 2 atom stereocenters. The van der Waals surface area contributed by atoms with Gasteiger partial charge < -0.3 is 15.4 Å². The van der Waals surface area contributed by atoms with Gasteiger partial charge in [-0.3, -0.25) is 4.98 Å². The van der Waals surface area contributed by atoms with Gasteiger partial charge in [0, 0.05) is 6.20 Å². The minimum atomic E-state index is -0.742. The highest BCUT2D eigenvalue weighted by Crippen LogP contribution is 2.19. The Kier molecular flexibility index (Phi) is 3.16. The predicted octanol–water partition coefficient (Wildman–Crippen LogP) is 0.821. The van der Waals surface area contributed by atoms with Crippen LogP contribution in [0.5, 0.6) is 0 Å². The van der Waals surface area contributed by atoms with Crippen LogP contribution in [0.15, 0.2) is 22.9 Å². The molecule has 2 rings (SSSR count). The molecule has 2 heterocycles. The Labute approximate surface area is 98.5 Å². The maximum absolute atomic E-state index is 9.34. The third-order valence-corrected chi connectivity index (χ3v) is 2.47. The Morgan fingerprint density at radius 3 is 2.88 bits per heavy atom. The number of aromatic nitrogens is 3. The number of rotatable bonds is 3. The van der Waals surface area contributed by atoms with Crippen molar-refractivity contribution >= 4 is 0 Å². The molecule has 0 radical (unpaired) electrons. The first-order valence-corrected chi connectivity index (χ1v) is 5.29. The van der Waals surface area contributed by atoms with E-state index in [0.29, 0.717) is 11.5 Å². The average Bonchev–Trinajstić information content (AvgIpc) is 2.77. The number of nitrogens with zero attached hydrogens (tertiary/aromatic N) is 3. The largest absolute Gasteiger partial charge is 0.391 e. The van der Waals surface area contributed by atoms with Crippen LogP contribution in [0.3, 0.4) is 0 Å². The minimum absolute atomic E-state index is 0.208. The number of pyridine rings is 1. The molecule has 0 aliphatic heterocycles. The molecule has 0 spiro atoms. The van der Waals surface area contributed by atoms with Crippen LogP contribution in [0.1, 0.15) is 24.4 Å². The first-order chi connectivity index (χ1) is 8.09. The fraction of sp³-hybridized carbons (Fsp3) is 0.364. The average molecular weight is 234 g/mol. The summed E-state index contributed by atoms with van der Waals surface area (Å²) in [7, 11) is 0. The summed E-state index contributed by atoms with van der Waals surface area (Å²) >= 11 is 0. The molecular weight excluding hydrogens is 220 g/mol. The van der Waals surface area contributed by atoms with Crippen molar-refractivity contribution in [2.75, 3.05) is 0 Å². The Hall–Kier alpha value is -1.79. The van der Waals surface area contributed by atoms with Crippen molar-refractivity contribution in [3.8, 4) is 11.5 Å². The second-order valence-electron chi connectivity index (χ2n) is 3.89. The van der Waals surface area contributed by atoms with E-state index in [-0.39, 0.29) is 5.89 Å². The molecule has 0 aliphatic carbocycles. The second kappa shape index (κ2) is 4.60. The summed E-state index contributed by atoms with van der Waals surface area (Å²) in [4.78, 5) is 8.31. The van der Waals surface area contributed by atoms with Crippen molar-refractivity contribution in [1.82, 2.24) is 15.1 Å². The summed E-state index contributed by atoms with van der Waals surface area (Å²) in [6.45, 7) is 3.48. The summed E-state index contributed by atoms with van der Waals surface area (Å²) < 4.78 is 5.01. The quantitative estimate of drug-likeness (QED) is 0.815. The van der Waals surface area contributed by atoms with Crippen LogP contribution in [-0.4, -0.2) is 26.3 Å². The first-order valence-electron chi connectivity index (χ1n) is 5.29. The molecule has 0 bridgehead atoms. The van der Waals surface area contributed by atoms with E-state index >= 15 is 0 Å². The van der Waals surface area contributed by atoms with Gasteiger partial charge in [-0.1, -0.05) is 11.2 Å². The van der Waals surface area contributed by atoms with Gasteiger partial charge in [-0.05, 0) is 25.5 Å². The monoisotopic (exact) mass is 234 g/mol. The van der Waals surface area contributed by atoms with Crippen LogP contribution < -0.4 is 5.73 Å². The lowest BCUT2D eigenvalue weighted by Gasteiger charge is -2.08. The molecule has 0 aliphatic rings. The summed E-state index contributed by atoms with van der Waals surface area (Å²) in [5.74, 6) is 0.592. The van der Waals surface area contributed by atoms with Crippen molar-refractivity contribution in [3.05, 3.63) is 29.8 Å². The minimum Gasteiger partial charge on any atom is -0.391 e. The van der Waals surface area contributed by atoms with Gasteiger partial charge in [0.15, 0.2) is 0 Å². The standard InChI is InChI=1S/C11H14N4O2/c1-6-4-3-5-13-9(6)10-14-11(17-15-10)8(12)7(2)16/h3-5,7-8,16H,12H2,1-2H3/t7-,8+/m1/s1. The van der Waals surface area contributed by atoms with E-state index in [9.17, 15) is 5.11 Å². The number of aliphatic hydroxyl groups is 1. The second-order valence-corrected chi connectivity index (χ2v) is 3.89. The Bertz CT molecular complexity index is 510. The molecule has 2 aromatic rings.